The molecule has 168 valence electrons. The summed E-state index contributed by atoms with van der Waals surface area (Å²) in [6, 6.07) is 14.4. The number of aromatic carboxylic acids is 1. The fourth-order valence-electron chi connectivity index (χ4n) is 3.41. The van der Waals surface area contributed by atoms with Gasteiger partial charge >= 0.3 is 5.97 Å². The lowest BCUT2D eigenvalue weighted by Crippen LogP contribution is -2.32. The first-order valence-electron chi connectivity index (χ1n) is 9.69. The van der Waals surface area contributed by atoms with E-state index < -0.39 is 16.0 Å². The number of carboxylic acids is 1. The van der Waals surface area contributed by atoms with Crippen molar-refractivity contribution in [1.29, 1.82) is 0 Å². The Labute approximate surface area is 198 Å². The van der Waals surface area contributed by atoms with E-state index in [1.807, 2.05) is 0 Å². The van der Waals surface area contributed by atoms with Gasteiger partial charge in [-0.15, -0.1) is 0 Å². The smallest absolute Gasteiger partial charge is 0.339 e. The minimum atomic E-state index is -4.19. The number of carbonyl (C=O) groups is 1. The Morgan fingerprint density at radius 2 is 1.85 bits per heavy atom. The standard InChI is InChI=1S/C23H18BrN3O5S/c1-32-16-7-9-17(10-8-16)33(30,31)27(14-15-4-3-11-25-12-15)22-18-5-2-6-20(24)21(18)26-13-19(22)23(28)29/h2-13H,14H2,1H3,(H,28,29). The van der Waals surface area contributed by atoms with Crippen molar-refractivity contribution in [3.05, 3.63) is 88.8 Å². The van der Waals surface area contributed by atoms with E-state index in [0.29, 0.717) is 26.7 Å². The predicted molar refractivity (Wildman–Crippen MR) is 127 cm³/mol. The molecule has 0 unspecified atom stereocenters. The van der Waals surface area contributed by atoms with Crippen LogP contribution in [0.15, 0.2) is 82.6 Å². The maximum Gasteiger partial charge on any atom is 0.339 e. The summed E-state index contributed by atoms with van der Waals surface area (Å²) >= 11 is 3.42. The Morgan fingerprint density at radius 1 is 1.09 bits per heavy atom. The zero-order chi connectivity index (χ0) is 23.6. The molecule has 0 aliphatic rings. The summed E-state index contributed by atoms with van der Waals surface area (Å²) in [5, 5.41) is 10.3. The Balaban J connectivity index is 2.01. The van der Waals surface area contributed by atoms with Crippen LogP contribution in [-0.2, 0) is 16.6 Å². The molecule has 0 saturated carbocycles. The molecule has 0 aliphatic heterocycles. The average molecular weight is 528 g/mol. The van der Waals surface area contributed by atoms with Crippen molar-refractivity contribution in [1.82, 2.24) is 9.97 Å². The monoisotopic (exact) mass is 527 g/mol. The molecule has 4 aromatic rings. The number of sulfonamides is 1. The van der Waals surface area contributed by atoms with Crippen LogP contribution < -0.4 is 9.04 Å². The molecule has 0 aliphatic carbocycles. The van der Waals surface area contributed by atoms with Crippen LogP contribution in [0.3, 0.4) is 0 Å². The van der Waals surface area contributed by atoms with Crippen molar-refractivity contribution in [3.63, 3.8) is 0 Å². The first-order chi connectivity index (χ1) is 15.8. The maximum absolute atomic E-state index is 13.9. The summed E-state index contributed by atoms with van der Waals surface area (Å²) in [4.78, 5) is 20.5. The Kier molecular flexibility index (Phi) is 6.30. The van der Waals surface area contributed by atoms with Crippen LogP contribution in [0.2, 0.25) is 0 Å². The number of halogens is 1. The van der Waals surface area contributed by atoms with E-state index in [1.165, 1.54) is 43.8 Å². The van der Waals surface area contributed by atoms with Gasteiger partial charge in [-0.05, 0) is 57.9 Å². The molecular formula is C23H18BrN3O5S. The average Bonchev–Trinajstić information content (AvgIpc) is 2.83. The van der Waals surface area contributed by atoms with Gasteiger partial charge in [-0.2, -0.15) is 0 Å². The number of fused-ring (bicyclic) bond motifs is 1. The zero-order valence-corrected chi connectivity index (χ0v) is 19.7. The second kappa shape index (κ2) is 9.16. The highest BCUT2D eigenvalue weighted by Crippen LogP contribution is 2.37. The molecule has 0 spiro atoms. The fraction of sp³-hybridized carbons (Fsp3) is 0.0870. The van der Waals surface area contributed by atoms with E-state index >= 15 is 0 Å². The van der Waals surface area contributed by atoms with Gasteiger partial charge in [0.05, 0.1) is 29.8 Å². The van der Waals surface area contributed by atoms with Gasteiger partial charge in [0.2, 0.25) is 0 Å². The third-order valence-electron chi connectivity index (χ3n) is 5.00. The third-order valence-corrected chi connectivity index (χ3v) is 7.40. The molecule has 0 radical (unpaired) electrons. The van der Waals surface area contributed by atoms with Gasteiger partial charge in [0.1, 0.15) is 11.3 Å². The van der Waals surface area contributed by atoms with Crippen LogP contribution in [0.25, 0.3) is 10.9 Å². The molecule has 10 heteroatoms. The van der Waals surface area contributed by atoms with Crippen molar-refractivity contribution < 1.29 is 23.1 Å². The number of aromatic nitrogens is 2. The summed E-state index contributed by atoms with van der Waals surface area (Å²) in [6.07, 6.45) is 4.29. The maximum atomic E-state index is 13.9. The van der Waals surface area contributed by atoms with Crippen molar-refractivity contribution >= 4 is 48.5 Å². The number of hydrogen-bond acceptors (Lipinski definition) is 6. The molecule has 2 aromatic heterocycles. The number of anilines is 1. The number of ether oxygens (including phenoxy) is 1. The van der Waals surface area contributed by atoms with E-state index in [9.17, 15) is 18.3 Å². The first kappa shape index (κ1) is 22.7. The minimum absolute atomic E-state index is 0.0107. The van der Waals surface area contributed by atoms with Crippen LogP contribution in [-0.4, -0.2) is 36.6 Å². The summed E-state index contributed by atoms with van der Waals surface area (Å²) < 4.78 is 34.6. The Morgan fingerprint density at radius 3 is 2.48 bits per heavy atom. The number of methoxy groups -OCH3 is 1. The molecule has 0 amide bonds. The normalized spacial score (nSPS) is 11.3. The lowest BCUT2D eigenvalue weighted by molar-refractivity contribution is 0.0697. The summed E-state index contributed by atoms with van der Waals surface area (Å²) in [5.41, 5.74) is 0.819. The second-order valence-corrected chi connectivity index (χ2v) is 9.73. The lowest BCUT2D eigenvalue weighted by atomic mass is 10.1. The number of carboxylic acid groups (broad SMARTS) is 1. The Hall–Kier alpha value is -3.50. The number of rotatable bonds is 7. The molecule has 33 heavy (non-hydrogen) atoms. The number of para-hydroxylation sites is 1. The van der Waals surface area contributed by atoms with Gasteiger partial charge in [0.15, 0.2) is 0 Å². The van der Waals surface area contributed by atoms with Crippen molar-refractivity contribution in [2.75, 3.05) is 11.4 Å². The van der Waals surface area contributed by atoms with Crippen LogP contribution in [0.1, 0.15) is 15.9 Å². The second-order valence-electron chi connectivity index (χ2n) is 7.01. The van der Waals surface area contributed by atoms with Gasteiger partial charge in [-0.1, -0.05) is 18.2 Å². The minimum Gasteiger partial charge on any atom is -0.497 e. The summed E-state index contributed by atoms with van der Waals surface area (Å²) in [5.74, 6) is -0.794. The predicted octanol–water partition coefficient (Wildman–Crippen LogP) is 4.49. The lowest BCUT2D eigenvalue weighted by Gasteiger charge is -2.27. The van der Waals surface area contributed by atoms with E-state index in [1.54, 1.807) is 36.5 Å². The van der Waals surface area contributed by atoms with Crippen LogP contribution in [0.5, 0.6) is 5.75 Å². The highest BCUT2D eigenvalue weighted by molar-refractivity contribution is 9.10. The molecule has 2 heterocycles. The van der Waals surface area contributed by atoms with E-state index in [4.69, 9.17) is 4.74 Å². The Bertz CT molecular complexity index is 1430. The molecule has 0 atom stereocenters. The van der Waals surface area contributed by atoms with Crippen LogP contribution in [0.4, 0.5) is 5.69 Å². The molecule has 0 bridgehead atoms. The van der Waals surface area contributed by atoms with Crippen LogP contribution in [0, 0.1) is 0 Å². The summed E-state index contributed by atoms with van der Waals surface area (Å²) in [6.45, 7) is -0.131. The largest absolute Gasteiger partial charge is 0.497 e. The first-order valence-corrected chi connectivity index (χ1v) is 11.9. The van der Waals surface area contributed by atoms with Crippen molar-refractivity contribution in [3.8, 4) is 5.75 Å². The molecule has 0 fully saturated rings. The molecular weight excluding hydrogens is 510 g/mol. The third kappa shape index (κ3) is 4.39. The number of pyridine rings is 2. The van der Waals surface area contributed by atoms with Crippen LogP contribution >= 0.6 is 15.9 Å². The van der Waals surface area contributed by atoms with Crippen molar-refractivity contribution in [2.24, 2.45) is 0 Å². The highest BCUT2D eigenvalue weighted by Gasteiger charge is 2.31. The van der Waals surface area contributed by atoms with Gasteiger partial charge in [0, 0.05) is 28.4 Å². The summed E-state index contributed by atoms with van der Waals surface area (Å²) in [7, 11) is -2.71. The fourth-order valence-corrected chi connectivity index (χ4v) is 5.37. The van der Waals surface area contributed by atoms with Gasteiger partial charge in [-0.3, -0.25) is 14.3 Å². The molecule has 4 rings (SSSR count). The molecule has 1 N–H and O–H groups in total. The number of hydrogen-bond donors (Lipinski definition) is 1. The van der Waals surface area contributed by atoms with E-state index in [2.05, 4.69) is 25.9 Å². The number of nitrogens with zero attached hydrogens (tertiary/aromatic N) is 3. The molecule has 8 nitrogen and oxygen atoms in total. The van der Waals surface area contributed by atoms with Gasteiger partial charge in [0.25, 0.3) is 10.0 Å². The van der Waals surface area contributed by atoms with E-state index in [0.717, 1.165) is 4.31 Å². The van der Waals surface area contributed by atoms with E-state index in [-0.39, 0.29) is 22.7 Å². The molecule has 0 saturated heterocycles. The number of benzene rings is 2. The highest BCUT2D eigenvalue weighted by atomic mass is 79.9. The zero-order valence-electron chi connectivity index (χ0n) is 17.3. The SMILES string of the molecule is COc1ccc(S(=O)(=O)N(Cc2cccnc2)c2c(C(=O)O)cnc3c(Br)cccc23)cc1. The van der Waals surface area contributed by atoms with Crippen molar-refractivity contribution in [2.45, 2.75) is 11.4 Å². The topological polar surface area (TPSA) is 110 Å². The van der Waals surface area contributed by atoms with Gasteiger partial charge in [-0.25, -0.2) is 13.2 Å². The quantitative estimate of drug-likeness (QED) is 0.376. The molecule has 2 aromatic carbocycles. The van der Waals surface area contributed by atoms with Gasteiger partial charge < -0.3 is 9.84 Å².